The van der Waals surface area contributed by atoms with Gasteiger partial charge < -0.3 is 24.6 Å². The Kier molecular flexibility index (Phi) is 6.03. The maximum absolute atomic E-state index is 11.9. The number of aromatic hydroxyl groups is 1. The fourth-order valence-corrected chi connectivity index (χ4v) is 2.69. The second-order valence-electron chi connectivity index (χ2n) is 5.82. The fraction of sp³-hybridized carbons (Fsp3) is 0.263. The number of esters is 1. The van der Waals surface area contributed by atoms with Gasteiger partial charge in [0.05, 0.1) is 0 Å². The Morgan fingerprint density at radius 1 is 1.11 bits per heavy atom. The van der Waals surface area contributed by atoms with E-state index in [1.807, 2.05) is 18.2 Å². The number of hydrogen-bond donors (Lipinski definition) is 2. The predicted molar refractivity (Wildman–Crippen MR) is 97.5 cm³/mol. The number of hydrogen-bond acceptors (Lipinski definition) is 6. The minimum atomic E-state index is -0.800. The number of rotatable bonds is 6. The van der Waals surface area contributed by atoms with E-state index in [-0.39, 0.29) is 11.3 Å². The van der Waals surface area contributed by atoms with Crippen molar-refractivity contribution in [2.24, 2.45) is 0 Å². The molecule has 0 unspecified atom stereocenters. The van der Waals surface area contributed by atoms with E-state index in [1.54, 1.807) is 0 Å². The van der Waals surface area contributed by atoms with Crippen molar-refractivity contribution in [3.8, 4) is 17.2 Å². The summed E-state index contributed by atoms with van der Waals surface area (Å²) in [6.07, 6.45) is 0.592. The summed E-state index contributed by atoms with van der Waals surface area (Å²) in [5.41, 5.74) is 0.936. The Morgan fingerprint density at radius 2 is 1.89 bits per heavy atom. The molecule has 0 radical (unpaired) electrons. The van der Waals surface area contributed by atoms with Crippen molar-refractivity contribution in [1.29, 1.82) is 0 Å². The number of carbonyl (C=O) groups excluding carboxylic acids is 2. The number of amides is 1. The molecule has 7 nitrogen and oxygen atoms in total. The average Bonchev–Trinajstić information content (AvgIpc) is 2.66. The number of nitrogens with one attached hydrogen (secondary N) is 1. The number of carbonyl (C=O) groups is 2. The molecule has 27 heavy (non-hydrogen) atoms. The van der Waals surface area contributed by atoms with Crippen LogP contribution in [0.5, 0.6) is 17.2 Å². The maximum atomic E-state index is 11.9. The van der Waals surface area contributed by atoms with E-state index >= 15 is 0 Å². The molecule has 2 aromatic carbocycles. The summed E-state index contributed by atoms with van der Waals surface area (Å²) in [6, 6.07) is 9.63. The van der Waals surface area contributed by atoms with Crippen LogP contribution in [0.4, 0.5) is 0 Å². The van der Waals surface area contributed by atoms with Gasteiger partial charge >= 0.3 is 5.97 Å². The van der Waals surface area contributed by atoms with Crippen LogP contribution in [0.2, 0.25) is 5.02 Å². The molecule has 0 spiro atoms. The second kappa shape index (κ2) is 8.64. The molecule has 1 aliphatic heterocycles. The van der Waals surface area contributed by atoms with Gasteiger partial charge in [-0.15, -0.1) is 0 Å². The zero-order valence-electron chi connectivity index (χ0n) is 14.4. The lowest BCUT2D eigenvalue weighted by molar-refractivity contribution is -0.124. The Morgan fingerprint density at radius 3 is 2.67 bits per heavy atom. The van der Waals surface area contributed by atoms with Gasteiger partial charge in [0.15, 0.2) is 18.1 Å². The topological polar surface area (TPSA) is 94.1 Å². The fourth-order valence-electron chi connectivity index (χ4n) is 2.53. The Bertz CT molecular complexity index is 854. The van der Waals surface area contributed by atoms with Crippen LogP contribution in [0.25, 0.3) is 0 Å². The van der Waals surface area contributed by atoms with E-state index in [0.29, 0.717) is 42.7 Å². The number of phenolic OH excluding ortho intramolecular Hbond substituents is 1. The van der Waals surface area contributed by atoms with Gasteiger partial charge in [-0.25, -0.2) is 4.79 Å². The first-order valence-corrected chi connectivity index (χ1v) is 8.71. The highest BCUT2D eigenvalue weighted by Gasteiger charge is 2.15. The average molecular weight is 392 g/mol. The largest absolute Gasteiger partial charge is 0.507 e. The number of fused-ring (bicyclic) bond motifs is 1. The molecule has 0 fully saturated rings. The van der Waals surface area contributed by atoms with Gasteiger partial charge in [0.2, 0.25) is 0 Å². The molecule has 0 aromatic heterocycles. The van der Waals surface area contributed by atoms with Crippen molar-refractivity contribution in [3.63, 3.8) is 0 Å². The maximum Gasteiger partial charge on any atom is 0.342 e. The zero-order valence-corrected chi connectivity index (χ0v) is 15.1. The third-order valence-corrected chi connectivity index (χ3v) is 4.09. The third-order valence-electron chi connectivity index (χ3n) is 3.86. The molecule has 3 rings (SSSR count). The van der Waals surface area contributed by atoms with Crippen LogP contribution in [0, 0.1) is 0 Å². The lowest BCUT2D eigenvalue weighted by Crippen LogP contribution is -2.30. The first-order valence-electron chi connectivity index (χ1n) is 8.34. The number of benzene rings is 2. The van der Waals surface area contributed by atoms with Gasteiger partial charge in [-0.3, -0.25) is 4.79 Å². The second-order valence-corrected chi connectivity index (χ2v) is 6.25. The van der Waals surface area contributed by atoms with Crippen molar-refractivity contribution >= 4 is 23.5 Å². The molecule has 0 saturated carbocycles. The van der Waals surface area contributed by atoms with Crippen LogP contribution in [-0.2, 0) is 16.0 Å². The molecule has 1 aliphatic rings. The molecule has 1 heterocycles. The molecule has 1 amide bonds. The molecule has 0 saturated heterocycles. The van der Waals surface area contributed by atoms with Crippen LogP contribution in [0.3, 0.4) is 0 Å². The van der Waals surface area contributed by atoms with Crippen molar-refractivity contribution in [2.45, 2.75) is 6.42 Å². The smallest absolute Gasteiger partial charge is 0.342 e. The Balaban J connectivity index is 1.42. The molecular formula is C19H18ClNO6. The Labute approximate surface area is 160 Å². The van der Waals surface area contributed by atoms with Crippen LogP contribution in [0.15, 0.2) is 36.4 Å². The first-order chi connectivity index (χ1) is 13.0. The van der Waals surface area contributed by atoms with Crippen LogP contribution >= 0.6 is 11.6 Å². The van der Waals surface area contributed by atoms with Crippen molar-refractivity contribution < 1.29 is 28.9 Å². The number of ether oxygens (including phenoxy) is 3. The summed E-state index contributed by atoms with van der Waals surface area (Å²) in [4.78, 5) is 23.7. The normalized spacial score (nSPS) is 12.3. The standard InChI is InChI=1S/C19H18ClNO6/c20-13-2-3-14(15(22)10-13)19(24)27-11-18(23)21-6-5-12-1-4-16-17(9-12)26-8-7-25-16/h1-4,9-10,22H,5-8,11H2,(H,21,23). The van der Waals surface area contributed by atoms with E-state index in [0.717, 1.165) is 5.56 Å². The van der Waals surface area contributed by atoms with Gasteiger partial charge in [0, 0.05) is 11.6 Å². The monoisotopic (exact) mass is 391 g/mol. The highest BCUT2D eigenvalue weighted by atomic mass is 35.5. The van der Waals surface area contributed by atoms with E-state index < -0.39 is 18.5 Å². The molecule has 142 valence electrons. The summed E-state index contributed by atoms with van der Waals surface area (Å²) in [6.45, 7) is 0.987. The van der Waals surface area contributed by atoms with Crippen LogP contribution < -0.4 is 14.8 Å². The number of phenols is 1. The highest BCUT2D eigenvalue weighted by molar-refractivity contribution is 6.30. The van der Waals surface area contributed by atoms with Crippen LogP contribution in [0.1, 0.15) is 15.9 Å². The van der Waals surface area contributed by atoms with Gasteiger partial charge in [0.25, 0.3) is 5.91 Å². The first kappa shape index (κ1) is 18.8. The SMILES string of the molecule is O=C(COC(=O)c1ccc(Cl)cc1O)NCCc1ccc2c(c1)OCCO2. The van der Waals surface area contributed by atoms with Gasteiger partial charge in [0.1, 0.15) is 24.5 Å². The van der Waals surface area contributed by atoms with E-state index in [1.165, 1.54) is 18.2 Å². The van der Waals surface area contributed by atoms with Gasteiger partial charge in [-0.1, -0.05) is 17.7 Å². The van der Waals surface area contributed by atoms with Crippen molar-refractivity contribution in [3.05, 3.63) is 52.5 Å². The summed E-state index contributed by atoms with van der Waals surface area (Å²) >= 11 is 5.71. The molecule has 0 aliphatic carbocycles. The number of halogens is 1. The molecule has 0 atom stereocenters. The third kappa shape index (κ3) is 5.04. The van der Waals surface area contributed by atoms with Crippen molar-refractivity contribution in [2.75, 3.05) is 26.4 Å². The summed E-state index contributed by atoms with van der Waals surface area (Å²) < 4.78 is 15.9. The predicted octanol–water partition coefficient (Wildman–Crippen LogP) is 2.33. The minimum Gasteiger partial charge on any atom is -0.507 e. The summed E-state index contributed by atoms with van der Waals surface area (Å²) in [5, 5.41) is 12.6. The van der Waals surface area contributed by atoms with E-state index in [4.69, 9.17) is 25.8 Å². The molecular weight excluding hydrogens is 374 g/mol. The van der Waals surface area contributed by atoms with Crippen LogP contribution in [-0.4, -0.2) is 43.3 Å². The van der Waals surface area contributed by atoms with Gasteiger partial charge in [-0.05, 0) is 42.3 Å². The zero-order chi connectivity index (χ0) is 19.2. The lowest BCUT2D eigenvalue weighted by Gasteiger charge is -2.18. The molecule has 8 heteroatoms. The van der Waals surface area contributed by atoms with Gasteiger partial charge in [-0.2, -0.15) is 0 Å². The van der Waals surface area contributed by atoms with E-state index in [9.17, 15) is 14.7 Å². The summed E-state index contributed by atoms with van der Waals surface area (Å²) in [7, 11) is 0. The quantitative estimate of drug-likeness (QED) is 0.734. The van der Waals surface area contributed by atoms with E-state index in [2.05, 4.69) is 5.32 Å². The molecule has 2 N–H and O–H groups in total. The summed E-state index contributed by atoms with van der Waals surface area (Å²) in [5.74, 6) is -0.125. The Hall–Kier alpha value is -2.93. The van der Waals surface area contributed by atoms with Crippen molar-refractivity contribution in [1.82, 2.24) is 5.32 Å². The molecule has 0 bridgehead atoms. The molecule has 2 aromatic rings. The lowest BCUT2D eigenvalue weighted by atomic mass is 10.1. The highest BCUT2D eigenvalue weighted by Crippen LogP contribution is 2.30. The minimum absolute atomic E-state index is 0.0523.